The van der Waals surface area contributed by atoms with Crippen molar-refractivity contribution >= 4 is 40.2 Å². The van der Waals surface area contributed by atoms with E-state index in [0.29, 0.717) is 33.5 Å². The summed E-state index contributed by atoms with van der Waals surface area (Å²) in [6.07, 6.45) is 0. The van der Waals surface area contributed by atoms with Crippen LogP contribution in [0.2, 0.25) is 5.02 Å². The molecule has 1 aliphatic rings. The fourth-order valence-corrected chi connectivity index (χ4v) is 4.11. The molecule has 1 unspecified atom stereocenters. The third-order valence-electron chi connectivity index (χ3n) is 5.38. The lowest BCUT2D eigenvalue weighted by molar-refractivity contribution is -0.113. The molecule has 5 rings (SSSR count). The number of nitrogens with one attached hydrogen (secondary N) is 2. The maximum absolute atomic E-state index is 15.0. The molecule has 4 aromatic rings. The molecular weight excluding hydrogens is 415 g/mol. The van der Waals surface area contributed by atoms with Gasteiger partial charge in [-0.25, -0.2) is 9.37 Å². The van der Waals surface area contributed by atoms with Gasteiger partial charge in [0.1, 0.15) is 5.82 Å². The zero-order valence-corrected chi connectivity index (χ0v) is 17.3. The molecule has 0 fully saturated rings. The molecule has 2 heterocycles. The Bertz CT molecular complexity index is 1340. The Morgan fingerprint density at radius 3 is 2.55 bits per heavy atom. The second-order valence-electron chi connectivity index (χ2n) is 7.34. The van der Waals surface area contributed by atoms with Crippen LogP contribution in [0.3, 0.4) is 0 Å². The molecule has 1 atom stereocenters. The molecule has 1 aromatic heterocycles. The number of benzene rings is 3. The van der Waals surface area contributed by atoms with Crippen LogP contribution in [0.1, 0.15) is 18.5 Å². The quantitative estimate of drug-likeness (QED) is 0.433. The van der Waals surface area contributed by atoms with Gasteiger partial charge in [0.2, 0.25) is 5.95 Å². The average molecular weight is 433 g/mol. The lowest BCUT2D eigenvalue weighted by Crippen LogP contribution is -2.31. The van der Waals surface area contributed by atoms with Crippen molar-refractivity contribution in [2.45, 2.75) is 13.0 Å². The summed E-state index contributed by atoms with van der Waals surface area (Å²) in [6, 6.07) is 20.3. The van der Waals surface area contributed by atoms with E-state index < -0.39 is 6.04 Å². The molecule has 0 bridgehead atoms. The van der Waals surface area contributed by atoms with Gasteiger partial charge < -0.3 is 10.6 Å². The third kappa shape index (κ3) is 3.35. The van der Waals surface area contributed by atoms with Crippen LogP contribution in [0.5, 0.6) is 0 Å². The van der Waals surface area contributed by atoms with Gasteiger partial charge in [-0.3, -0.25) is 9.36 Å². The number of hydrogen-bond donors (Lipinski definition) is 2. The number of carbonyl (C=O) groups excluding carboxylic acids is 1. The molecule has 3 aromatic carbocycles. The molecule has 7 heteroatoms. The Balaban J connectivity index is 1.67. The molecule has 154 valence electrons. The summed E-state index contributed by atoms with van der Waals surface area (Å²) in [4.78, 5) is 18.1. The maximum Gasteiger partial charge on any atom is 0.255 e. The summed E-state index contributed by atoms with van der Waals surface area (Å²) in [7, 11) is 0. The highest BCUT2D eigenvalue weighted by Gasteiger charge is 2.35. The van der Waals surface area contributed by atoms with Crippen molar-refractivity contribution < 1.29 is 9.18 Å². The van der Waals surface area contributed by atoms with Gasteiger partial charge in [0.05, 0.1) is 22.6 Å². The largest absolute Gasteiger partial charge is 0.329 e. The number of allylic oxidation sites excluding steroid dienone is 1. The van der Waals surface area contributed by atoms with Crippen LogP contribution in [0, 0.1) is 5.82 Å². The fourth-order valence-electron chi connectivity index (χ4n) is 3.98. The molecule has 0 spiro atoms. The molecule has 5 nitrogen and oxygen atoms in total. The minimum absolute atomic E-state index is 0.330. The number of nitrogens with zero attached hydrogens (tertiary/aromatic N) is 2. The van der Waals surface area contributed by atoms with E-state index in [1.165, 1.54) is 6.07 Å². The van der Waals surface area contributed by atoms with Crippen LogP contribution < -0.4 is 10.6 Å². The summed E-state index contributed by atoms with van der Waals surface area (Å²) in [6.45, 7) is 1.80. The number of amides is 1. The van der Waals surface area contributed by atoms with Crippen molar-refractivity contribution in [2.24, 2.45) is 0 Å². The molecule has 31 heavy (non-hydrogen) atoms. The minimum Gasteiger partial charge on any atom is -0.329 e. The molecule has 1 aliphatic heterocycles. The molecule has 0 saturated heterocycles. The highest BCUT2D eigenvalue weighted by Crippen LogP contribution is 2.40. The maximum atomic E-state index is 15.0. The van der Waals surface area contributed by atoms with Crippen molar-refractivity contribution in [2.75, 3.05) is 10.6 Å². The first-order valence-electron chi connectivity index (χ1n) is 9.79. The average Bonchev–Trinajstić information content (AvgIpc) is 3.12. The first-order chi connectivity index (χ1) is 15.0. The number of aromatic nitrogens is 2. The van der Waals surface area contributed by atoms with Crippen molar-refractivity contribution in [3.8, 4) is 0 Å². The second kappa shape index (κ2) is 7.56. The van der Waals surface area contributed by atoms with Gasteiger partial charge >= 0.3 is 0 Å². The Hall–Kier alpha value is -3.64. The number of halogens is 2. The zero-order chi connectivity index (χ0) is 21.5. The van der Waals surface area contributed by atoms with Gasteiger partial charge in [-0.15, -0.1) is 0 Å². The molecule has 0 radical (unpaired) electrons. The van der Waals surface area contributed by atoms with E-state index in [-0.39, 0.29) is 11.7 Å². The van der Waals surface area contributed by atoms with Gasteiger partial charge in [-0.2, -0.15) is 0 Å². The number of imidazole rings is 1. The Morgan fingerprint density at radius 2 is 1.77 bits per heavy atom. The molecule has 2 N–H and O–H groups in total. The number of para-hydroxylation sites is 2. The van der Waals surface area contributed by atoms with Crippen molar-refractivity contribution in [1.82, 2.24) is 9.55 Å². The zero-order valence-electron chi connectivity index (χ0n) is 16.6. The van der Waals surface area contributed by atoms with Gasteiger partial charge in [-0.1, -0.05) is 41.9 Å². The van der Waals surface area contributed by atoms with Crippen LogP contribution >= 0.6 is 11.6 Å². The van der Waals surface area contributed by atoms with Crippen LogP contribution in [0.15, 0.2) is 84.1 Å². The first kappa shape index (κ1) is 19.3. The number of fused-ring (bicyclic) bond motifs is 3. The summed E-state index contributed by atoms with van der Waals surface area (Å²) in [5.41, 5.74) is 3.59. The molecule has 1 amide bonds. The van der Waals surface area contributed by atoms with Crippen molar-refractivity contribution in [3.63, 3.8) is 0 Å². The number of carbonyl (C=O) groups is 1. The predicted molar refractivity (Wildman–Crippen MR) is 121 cm³/mol. The third-order valence-corrected chi connectivity index (χ3v) is 5.63. The molecular formula is C24H18ClFN4O. The molecule has 0 saturated carbocycles. The normalized spacial score (nSPS) is 15.5. The Kier molecular flexibility index (Phi) is 4.71. The fraction of sp³-hybridized carbons (Fsp3) is 0.0833. The molecule has 0 aliphatic carbocycles. The van der Waals surface area contributed by atoms with Crippen LogP contribution in [0.4, 0.5) is 16.0 Å². The Labute approximate surface area is 183 Å². The first-order valence-corrected chi connectivity index (χ1v) is 10.2. The summed E-state index contributed by atoms with van der Waals surface area (Å²) in [5.74, 6) is -0.151. The smallest absolute Gasteiger partial charge is 0.255 e. The van der Waals surface area contributed by atoms with E-state index in [4.69, 9.17) is 11.6 Å². The van der Waals surface area contributed by atoms with E-state index >= 15 is 0 Å². The van der Waals surface area contributed by atoms with E-state index in [0.717, 1.165) is 11.0 Å². The van der Waals surface area contributed by atoms with Crippen molar-refractivity contribution in [1.29, 1.82) is 0 Å². The minimum atomic E-state index is -0.683. The summed E-state index contributed by atoms with van der Waals surface area (Å²) < 4.78 is 16.9. The van der Waals surface area contributed by atoms with Gasteiger partial charge in [0, 0.05) is 22.0 Å². The topological polar surface area (TPSA) is 59.0 Å². The number of anilines is 2. The lowest BCUT2D eigenvalue weighted by Gasteiger charge is -2.31. The van der Waals surface area contributed by atoms with E-state index in [9.17, 15) is 9.18 Å². The highest BCUT2D eigenvalue weighted by atomic mass is 35.5. The number of hydrogen-bond acceptors (Lipinski definition) is 3. The highest BCUT2D eigenvalue weighted by molar-refractivity contribution is 6.30. The van der Waals surface area contributed by atoms with Crippen LogP contribution in [0.25, 0.3) is 11.0 Å². The SMILES string of the molecule is CC1=C(C(=O)Nc2ccc(Cl)cc2)C(c2ccccc2F)n2c(nc3ccccc32)N1. The van der Waals surface area contributed by atoms with E-state index in [1.54, 1.807) is 49.4 Å². The van der Waals surface area contributed by atoms with Crippen LogP contribution in [-0.4, -0.2) is 15.5 Å². The van der Waals surface area contributed by atoms with E-state index in [2.05, 4.69) is 15.6 Å². The Morgan fingerprint density at radius 1 is 1.06 bits per heavy atom. The standard InChI is InChI=1S/C24H18ClFN4O/c1-14-21(23(31)28-16-12-10-15(25)11-13-16)22(17-6-2-3-7-18(17)26)30-20-9-5-4-8-19(20)29-24(30)27-14/h2-13,22H,1H3,(H,27,29)(H,28,31). The monoisotopic (exact) mass is 432 g/mol. The van der Waals surface area contributed by atoms with Crippen LogP contribution in [-0.2, 0) is 4.79 Å². The summed E-state index contributed by atoms with van der Waals surface area (Å²) >= 11 is 5.96. The van der Waals surface area contributed by atoms with Gasteiger partial charge in [0.15, 0.2) is 0 Å². The summed E-state index contributed by atoms with van der Waals surface area (Å²) in [5, 5.41) is 6.70. The number of rotatable bonds is 3. The van der Waals surface area contributed by atoms with Gasteiger partial charge in [0.25, 0.3) is 5.91 Å². The predicted octanol–water partition coefficient (Wildman–Crippen LogP) is 5.76. The van der Waals surface area contributed by atoms with Gasteiger partial charge in [-0.05, 0) is 49.4 Å². The second-order valence-corrected chi connectivity index (χ2v) is 7.78. The van der Waals surface area contributed by atoms with E-state index in [1.807, 2.05) is 28.8 Å². The lowest BCUT2D eigenvalue weighted by atomic mass is 9.94. The van der Waals surface area contributed by atoms with Crippen molar-refractivity contribution in [3.05, 3.63) is 100 Å².